The second kappa shape index (κ2) is 11.2. The lowest BCUT2D eigenvalue weighted by molar-refractivity contribution is 0.441. The molecule has 0 spiro atoms. The van der Waals surface area contributed by atoms with Gasteiger partial charge in [-0.1, -0.05) is 94.2 Å². The minimum absolute atomic E-state index is 0.0486. The van der Waals surface area contributed by atoms with Gasteiger partial charge in [0.25, 0.3) is 0 Å². The van der Waals surface area contributed by atoms with Gasteiger partial charge in [-0.15, -0.1) is 0 Å². The first-order valence-corrected chi connectivity index (χ1v) is 17.5. The van der Waals surface area contributed by atoms with Gasteiger partial charge >= 0.3 is 0 Å². The zero-order valence-corrected chi connectivity index (χ0v) is 25.8. The van der Waals surface area contributed by atoms with Crippen LogP contribution in [0.4, 0.5) is 0 Å². The smallest absolute Gasteiger partial charge is 0.0998 e. The molecular formula is C41H41N3. The average Bonchev–Trinajstić information content (AvgIpc) is 3.10. The lowest BCUT2D eigenvalue weighted by Crippen LogP contribution is -2.32. The molecule has 44 heavy (non-hydrogen) atoms. The third-order valence-electron chi connectivity index (χ3n) is 12.2. The van der Waals surface area contributed by atoms with Gasteiger partial charge in [0, 0.05) is 11.8 Å². The van der Waals surface area contributed by atoms with E-state index in [1.807, 2.05) is 0 Å². The molecule has 0 aromatic heterocycles. The summed E-state index contributed by atoms with van der Waals surface area (Å²) in [4.78, 5) is 0. The monoisotopic (exact) mass is 575 g/mol. The first-order valence-electron chi connectivity index (χ1n) is 17.5. The van der Waals surface area contributed by atoms with E-state index < -0.39 is 0 Å². The van der Waals surface area contributed by atoms with Gasteiger partial charge in [0.05, 0.1) is 34.9 Å². The van der Waals surface area contributed by atoms with E-state index in [2.05, 4.69) is 54.6 Å². The predicted molar refractivity (Wildman–Crippen MR) is 173 cm³/mol. The summed E-state index contributed by atoms with van der Waals surface area (Å²) in [6, 6.07) is 21.9. The highest BCUT2D eigenvalue weighted by Gasteiger charge is 2.47. The first kappa shape index (κ1) is 27.7. The number of benzene rings is 3. The molecule has 2 bridgehead atoms. The summed E-state index contributed by atoms with van der Waals surface area (Å²) in [6.45, 7) is 0. The summed E-state index contributed by atoms with van der Waals surface area (Å²) in [7, 11) is 0. The molecule has 0 N–H and O–H groups in total. The fourth-order valence-corrected chi connectivity index (χ4v) is 10.2. The third kappa shape index (κ3) is 4.11. The molecule has 0 atom stereocenters. The third-order valence-corrected chi connectivity index (χ3v) is 12.2. The maximum atomic E-state index is 10.9. The quantitative estimate of drug-likeness (QED) is 0.215. The van der Waals surface area contributed by atoms with E-state index in [1.165, 1.54) is 91.2 Å². The van der Waals surface area contributed by atoms with Gasteiger partial charge in [-0.3, -0.25) is 0 Å². The summed E-state index contributed by atoms with van der Waals surface area (Å²) in [5.74, 6) is 0.949. The van der Waals surface area contributed by atoms with E-state index in [0.717, 1.165) is 71.9 Å². The molecule has 6 aliphatic carbocycles. The normalized spacial score (nSPS) is 23.1. The molecule has 0 radical (unpaired) electrons. The molecule has 0 amide bonds. The van der Waals surface area contributed by atoms with Gasteiger partial charge in [-0.05, 0) is 106 Å². The van der Waals surface area contributed by atoms with E-state index in [4.69, 9.17) is 0 Å². The van der Waals surface area contributed by atoms with Crippen molar-refractivity contribution < 1.29 is 0 Å². The van der Waals surface area contributed by atoms with E-state index >= 15 is 0 Å². The molecular weight excluding hydrogens is 534 g/mol. The summed E-state index contributed by atoms with van der Waals surface area (Å²) in [6.07, 6.45) is 18.0. The second-order valence-electron chi connectivity index (χ2n) is 14.3. The van der Waals surface area contributed by atoms with Crippen molar-refractivity contribution in [1.29, 1.82) is 15.8 Å². The molecule has 6 aliphatic rings. The van der Waals surface area contributed by atoms with E-state index in [0.29, 0.717) is 17.8 Å². The fraction of sp³-hybridized carbons (Fsp3) is 0.488. The lowest BCUT2D eigenvalue weighted by Gasteiger charge is -2.45. The van der Waals surface area contributed by atoms with Gasteiger partial charge in [0.2, 0.25) is 0 Å². The van der Waals surface area contributed by atoms with Crippen LogP contribution in [0.3, 0.4) is 0 Å². The number of rotatable bonds is 3. The second-order valence-corrected chi connectivity index (χ2v) is 14.3. The summed E-state index contributed by atoms with van der Waals surface area (Å²) in [5, 5.41) is 32.8. The van der Waals surface area contributed by atoms with Crippen LogP contribution in [-0.4, -0.2) is 0 Å². The first-order chi connectivity index (χ1) is 21.7. The number of nitriles is 3. The van der Waals surface area contributed by atoms with Crippen LogP contribution >= 0.6 is 0 Å². The molecule has 3 heteroatoms. The Labute approximate surface area is 262 Å². The standard InChI is InChI=1S/C41H41N3/c42-22-34-28(25-10-4-1-5-11-25)16-19-31-37-32-20-17-29(26-12-6-2-7-13-26)35(23-43)39(32)41(38(31)34)40-33(37)21-18-30(36(40)24-44)27-14-8-3-9-15-27/h16-21,25-27,37,41H,1-15H2. The number of nitrogens with zero attached hydrogens (tertiary/aromatic N) is 3. The van der Waals surface area contributed by atoms with Crippen molar-refractivity contribution >= 4 is 0 Å². The van der Waals surface area contributed by atoms with Crippen LogP contribution < -0.4 is 0 Å². The highest BCUT2D eigenvalue weighted by molar-refractivity contribution is 5.77. The van der Waals surface area contributed by atoms with E-state index in [1.54, 1.807) is 0 Å². The van der Waals surface area contributed by atoms with Crippen molar-refractivity contribution in [3.63, 3.8) is 0 Å². The van der Waals surface area contributed by atoms with Crippen molar-refractivity contribution in [2.45, 2.75) is 126 Å². The Balaban J connectivity index is 1.41. The van der Waals surface area contributed by atoms with Crippen LogP contribution in [0.5, 0.6) is 0 Å². The SMILES string of the molecule is N#Cc1c(C2CCCCC2)ccc2c1C1c3c(ccc(C4CCCCC4)c3C#N)C2c2ccc(C3CCCCC3)c(C#N)c21. The van der Waals surface area contributed by atoms with Gasteiger partial charge in [0.15, 0.2) is 0 Å². The summed E-state index contributed by atoms with van der Waals surface area (Å²) in [5.41, 5.74) is 13.1. The minimum Gasteiger partial charge on any atom is -0.192 e. The van der Waals surface area contributed by atoms with Crippen molar-refractivity contribution in [2.24, 2.45) is 0 Å². The van der Waals surface area contributed by atoms with Crippen LogP contribution in [-0.2, 0) is 0 Å². The van der Waals surface area contributed by atoms with Crippen LogP contribution in [0.2, 0.25) is 0 Å². The van der Waals surface area contributed by atoms with Crippen LogP contribution in [0.1, 0.15) is 193 Å². The fourth-order valence-electron chi connectivity index (χ4n) is 10.2. The Morgan fingerprint density at radius 2 is 0.636 bits per heavy atom. The van der Waals surface area contributed by atoms with Crippen LogP contribution in [0.15, 0.2) is 36.4 Å². The maximum Gasteiger partial charge on any atom is 0.0998 e. The van der Waals surface area contributed by atoms with Gasteiger partial charge in [0.1, 0.15) is 0 Å². The zero-order chi connectivity index (χ0) is 29.8. The van der Waals surface area contributed by atoms with Crippen molar-refractivity contribution in [2.75, 3.05) is 0 Å². The predicted octanol–water partition coefficient (Wildman–Crippen LogP) is 10.4. The van der Waals surface area contributed by atoms with E-state index in [9.17, 15) is 15.8 Å². The Bertz CT molecular complexity index is 1550. The Morgan fingerprint density at radius 3 is 0.909 bits per heavy atom. The Hall–Kier alpha value is -3.87. The average molecular weight is 576 g/mol. The molecule has 0 unspecified atom stereocenters. The Morgan fingerprint density at radius 1 is 0.364 bits per heavy atom. The molecule has 3 fully saturated rings. The van der Waals surface area contributed by atoms with Crippen LogP contribution in [0, 0.1) is 34.0 Å². The van der Waals surface area contributed by atoms with Crippen molar-refractivity contribution in [3.05, 3.63) is 103 Å². The van der Waals surface area contributed by atoms with Crippen molar-refractivity contribution in [1.82, 2.24) is 0 Å². The molecule has 9 rings (SSSR count). The molecule has 3 aromatic rings. The molecule has 0 saturated heterocycles. The van der Waals surface area contributed by atoms with Gasteiger partial charge in [-0.2, -0.15) is 15.8 Å². The zero-order valence-electron chi connectivity index (χ0n) is 25.8. The minimum atomic E-state index is -0.241. The highest BCUT2D eigenvalue weighted by Crippen LogP contribution is 2.60. The molecule has 0 heterocycles. The molecule has 220 valence electrons. The Kier molecular flexibility index (Phi) is 7.07. The molecule has 3 nitrogen and oxygen atoms in total. The number of hydrogen-bond donors (Lipinski definition) is 0. The summed E-state index contributed by atoms with van der Waals surface area (Å²) >= 11 is 0. The molecule has 0 aliphatic heterocycles. The van der Waals surface area contributed by atoms with Gasteiger partial charge in [-0.25, -0.2) is 0 Å². The van der Waals surface area contributed by atoms with Gasteiger partial charge < -0.3 is 0 Å². The van der Waals surface area contributed by atoms with Crippen LogP contribution in [0.25, 0.3) is 0 Å². The largest absolute Gasteiger partial charge is 0.192 e. The number of hydrogen-bond acceptors (Lipinski definition) is 3. The lowest BCUT2D eigenvalue weighted by atomic mass is 9.56. The molecule has 3 saturated carbocycles. The van der Waals surface area contributed by atoms with E-state index in [-0.39, 0.29) is 11.8 Å². The maximum absolute atomic E-state index is 10.9. The highest BCUT2D eigenvalue weighted by atomic mass is 14.5. The topological polar surface area (TPSA) is 71.4 Å². The van der Waals surface area contributed by atoms with Crippen molar-refractivity contribution in [3.8, 4) is 18.2 Å². The molecule has 3 aromatic carbocycles. The summed E-state index contributed by atoms with van der Waals surface area (Å²) < 4.78 is 0.